The van der Waals surface area contributed by atoms with Gasteiger partial charge >= 0.3 is 0 Å². The van der Waals surface area contributed by atoms with Crippen molar-refractivity contribution in [2.24, 2.45) is 11.8 Å². The Kier molecular flexibility index (Phi) is 3.19. The molecule has 17 heavy (non-hydrogen) atoms. The SMILES string of the molecule is Cc1cc(NC(=O)C2C(C)OC(C)C2C)n[nH]1. The molecule has 2 rings (SSSR count). The second-order valence-electron chi connectivity index (χ2n) is 4.86. The maximum absolute atomic E-state index is 12.1. The number of rotatable bonds is 2. The van der Waals surface area contributed by atoms with Gasteiger partial charge in [0.2, 0.25) is 5.91 Å². The lowest BCUT2D eigenvalue weighted by Gasteiger charge is -2.16. The summed E-state index contributed by atoms with van der Waals surface area (Å²) in [6, 6.07) is 1.81. The van der Waals surface area contributed by atoms with Crippen LogP contribution in [-0.2, 0) is 9.53 Å². The third-order valence-electron chi connectivity index (χ3n) is 3.50. The first kappa shape index (κ1) is 12.1. The van der Waals surface area contributed by atoms with E-state index < -0.39 is 0 Å². The molecule has 4 unspecified atom stereocenters. The topological polar surface area (TPSA) is 67.0 Å². The number of hydrogen-bond acceptors (Lipinski definition) is 3. The summed E-state index contributed by atoms with van der Waals surface area (Å²) >= 11 is 0. The molecular weight excluding hydrogens is 218 g/mol. The summed E-state index contributed by atoms with van der Waals surface area (Å²) in [5, 5.41) is 9.62. The second kappa shape index (κ2) is 4.49. The highest BCUT2D eigenvalue weighted by molar-refractivity contribution is 5.92. The summed E-state index contributed by atoms with van der Waals surface area (Å²) in [7, 11) is 0. The van der Waals surface area contributed by atoms with Crippen LogP contribution in [0.2, 0.25) is 0 Å². The van der Waals surface area contributed by atoms with Crippen LogP contribution in [0.25, 0.3) is 0 Å². The number of anilines is 1. The zero-order valence-electron chi connectivity index (χ0n) is 10.7. The fourth-order valence-electron chi connectivity index (χ4n) is 2.41. The molecule has 0 saturated carbocycles. The van der Waals surface area contributed by atoms with Gasteiger partial charge in [-0.05, 0) is 26.7 Å². The van der Waals surface area contributed by atoms with Gasteiger partial charge in [-0.3, -0.25) is 9.89 Å². The number of H-pyrrole nitrogens is 1. The minimum Gasteiger partial charge on any atom is -0.374 e. The van der Waals surface area contributed by atoms with Gasteiger partial charge in [-0.15, -0.1) is 0 Å². The molecule has 1 saturated heterocycles. The first-order valence-electron chi connectivity index (χ1n) is 5.97. The highest BCUT2D eigenvalue weighted by Gasteiger charge is 2.41. The largest absolute Gasteiger partial charge is 0.374 e. The van der Waals surface area contributed by atoms with Crippen molar-refractivity contribution in [2.75, 3.05) is 5.32 Å². The fraction of sp³-hybridized carbons (Fsp3) is 0.667. The number of aryl methyl sites for hydroxylation is 1. The van der Waals surface area contributed by atoms with E-state index in [1.54, 1.807) is 0 Å². The van der Waals surface area contributed by atoms with Crippen LogP contribution in [0.4, 0.5) is 5.82 Å². The Balaban J connectivity index is 2.05. The Morgan fingerprint density at radius 2 is 2.12 bits per heavy atom. The molecule has 5 heteroatoms. The number of carbonyl (C=O) groups is 1. The number of hydrogen-bond donors (Lipinski definition) is 2. The molecule has 0 aromatic carbocycles. The Labute approximate surface area is 101 Å². The Bertz CT molecular complexity index is 416. The quantitative estimate of drug-likeness (QED) is 0.823. The summed E-state index contributed by atoms with van der Waals surface area (Å²) in [6.07, 6.45) is 0.0849. The Hall–Kier alpha value is -1.36. The summed E-state index contributed by atoms with van der Waals surface area (Å²) < 4.78 is 5.66. The van der Waals surface area contributed by atoms with E-state index in [0.717, 1.165) is 5.69 Å². The number of nitrogens with zero attached hydrogens (tertiary/aromatic N) is 1. The number of aromatic amines is 1. The average molecular weight is 237 g/mol. The minimum atomic E-state index is -0.109. The lowest BCUT2D eigenvalue weighted by atomic mass is 9.89. The van der Waals surface area contributed by atoms with Crippen molar-refractivity contribution in [2.45, 2.75) is 39.9 Å². The molecule has 1 aliphatic rings. The van der Waals surface area contributed by atoms with Crippen molar-refractivity contribution in [3.63, 3.8) is 0 Å². The molecular formula is C12H19N3O2. The van der Waals surface area contributed by atoms with Gasteiger partial charge in [0.05, 0.1) is 18.1 Å². The molecule has 1 aromatic rings. The molecule has 2 heterocycles. The van der Waals surface area contributed by atoms with Gasteiger partial charge in [0.1, 0.15) is 0 Å². The van der Waals surface area contributed by atoms with Gasteiger partial charge in [0.15, 0.2) is 5.82 Å². The molecule has 5 nitrogen and oxygen atoms in total. The Morgan fingerprint density at radius 1 is 1.41 bits per heavy atom. The summed E-state index contributed by atoms with van der Waals surface area (Å²) in [6.45, 7) is 7.90. The van der Waals surface area contributed by atoms with E-state index in [2.05, 4.69) is 15.5 Å². The van der Waals surface area contributed by atoms with Gasteiger partial charge in [-0.2, -0.15) is 5.10 Å². The molecule has 94 valence electrons. The molecule has 1 fully saturated rings. The first-order valence-corrected chi connectivity index (χ1v) is 5.97. The van der Waals surface area contributed by atoms with Crippen LogP contribution in [0.3, 0.4) is 0 Å². The number of ether oxygens (including phenoxy) is 1. The second-order valence-corrected chi connectivity index (χ2v) is 4.86. The third kappa shape index (κ3) is 2.34. The lowest BCUT2D eigenvalue weighted by Crippen LogP contribution is -2.32. The minimum absolute atomic E-state index is 0.0131. The van der Waals surface area contributed by atoms with Crippen molar-refractivity contribution < 1.29 is 9.53 Å². The fourth-order valence-corrected chi connectivity index (χ4v) is 2.41. The van der Waals surface area contributed by atoms with E-state index in [1.165, 1.54) is 0 Å². The van der Waals surface area contributed by atoms with E-state index in [0.29, 0.717) is 5.82 Å². The van der Waals surface area contributed by atoms with Gasteiger partial charge < -0.3 is 10.1 Å². The van der Waals surface area contributed by atoms with Crippen LogP contribution >= 0.6 is 0 Å². The summed E-state index contributed by atoms with van der Waals surface area (Å²) in [5.74, 6) is 0.680. The summed E-state index contributed by atoms with van der Waals surface area (Å²) in [4.78, 5) is 12.1. The normalized spacial score (nSPS) is 32.7. The van der Waals surface area contributed by atoms with Crippen LogP contribution in [0.15, 0.2) is 6.07 Å². The number of aromatic nitrogens is 2. The predicted molar refractivity (Wildman–Crippen MR) is 64.6 cm³/mol. The van der Waals surface area contributed by atoms with Crippen LogP contribution in [0, 0.1) is 18.8 Å². The lowest BCUT2D eigenvalue weighted by molar-refractivity contribution is -0.122. The molecule has 1 amide bonds. The standard InChI is InChI=1S/C12H19N3O2/c1-6-5-10(15-14-6)13-12(16)11-7(2)8(3)17-9(11)4/h5,7-9,11H,1-4H3,(H2,13,14,15,16). The molecule has 0 radical (unpaired) electrons. The molecule has 0 bridgehead atoms. The van der Waals surface area contributed by atoms with E-state index in [-0.39, 0.29) is 30.0 Å². The van der Waals surface area contributed by atoms with Crippen molar-refractivity contribution in [3.8, 4) is 0 Å². The molecule has 1 aromatic heterocycles. The van der Waals surface area contributed by atoms with Crippen LogP contribution in [0.1, 0.15) is 26.5 Å². The first-order chi connectivity index (χ1) is 7.99. The van der Waals surface area contributed by atoms with Gasteiger partial charge in [0, 0.05) is 11.8 Å². The molecule has 1 aliphatic heterocycles. The highest BCUT2D eigenvalue weighted by Crippen LogP contribution is 2.32. The van der Waals surface area contributed by atoms with Crippen LogP contribution < -0.4 is 5.32 Å². The molecule has 2 N–H and O–H groups in total. The van der Waals surface area contributed by atoms with E-state index >= 15 is 0 Å². The van der Waals surface area contributed by atoms with Crippen molar-refractivity contribution in [3.05, 3.63) is 11.8 Å². The molecule has 0 aliphatic carbocycles. The third-order valence-corrected chi connectivity index (χ3v) is 3.50. The predicted octanol–water partition coefficient (Wildman–Crippen LogP) is 1.72. The maximum Gasteiger partial charge on any atom is 0.231 e. The summed E-state index contributed by atoms with van der Waals surface area (Å²) in [5.41, 5.74) is 0.928. The molecule has 0 spiro atoms. The number of carbonyl (C=O) groups excluding carboxylic acids is 1. The van der Waals surface area contributed by atoms with Crippen molar-refractivity contribution in [1.82, 2.24) is 10.2 Å². The van der Waals surface area contributed by atoms with Gasteiger partial charge in [-0.1, -0.05) is 6.92 Å². The van der Waals surface area contributed by atoms with Gasteiger partial charge in [0.25, 0.3) is 0 Å². The highest BCUT2D eigenvalue weighted by atomic mass is 16.5. The van der Waals surface area contributed by atoms with Gasteiger partial charge in [-0.25, -0.2) is 0 Å². The number of nitrogens with one attached hydrogen (secondary N) is 2. The Morgan fingerprint density at radius 3 is 2.59 bits per heavy atom. The van der Waals surface area contributed by atoms with E-state index in [1.807, 2.05) is 33.8 Å². The average Bonchev–Trinajstić information content (AvgIpc) is 2.73. The van der Waals surface area contributed by atoms with Crippen molar-refractivity contribution >= 4 is 11.7 Å². The zero-order valence-corrected chi connectivity index (χ0v) is 10.7. The molecule has 4 atom stereocenters. The smallest absolute Gasteiger partial charge is 0.231 e. The monoisotopic (exact) mass is 237 g/mol. The number of amides is 1. The van der Waals surface area contributed by atoms with E-state index in [4.69, 9.17) is 4.74 Å². The van der Waals surface area contributed by atoms with Crippen LogP contribution in [-0.4, -0.2) is 28.3 Å². The zero-order chi connectivity index (χ0) is 12.6. The van der Waals surface area contributed by atoms with E-state index in [9.17, 15) is 4.79 Å². The van der Waals surface area contributed by atoms with Crippen molar-refractivity contribution in [1.29, 1.82) is 0 Å². The maximum atomic E-state index is 12.1. The van der Waals surface area contributed by atoms with Crippen LogP contribution in [0.5, 0.6) is 0 Å².